The Hall–Kier alpha value is -0.610. The monoisotopic (exact) mass is 363 g/mol. The highest BCUT2D eigenvalue weighted by Gasteiger charge is 2.48. The Kier molecular flexibility index (Phi) is 3.94. The number of halogens is 2. The fourth-order valence-corrected chi connectivity index (χ4v) is 4.73. The molecule has 1 N–H and O–H groups in total. The van der Waals surface area contributed by atoms with E-state index >= 15 is 0 Å². The van der Waals surface area contributed by atoms with Crippen LogP contribution < -0.4 is 0 Å². The van der Waals surface area contributed by atoms with Crippen LogP contribution in [0.2, 0.25) is 5.02 Å². The summed E-state index contributed by atoms with van der Waals surface area (Å²) in [7, 11) is -3.26. The van der Waals surface area contributed by atoms with Gasteiger partial charge in [-0.3, -0.25) is 0 Å². The van der Waals surface area contributed by atoms with Crippen molar-refractivity contribution in [3.05, 3.63) is 33.3 Å². The Morgan fingerprint density at radius 1 is 1.53 bits per heavy atom. The Labute approximate surface area is 125 Å². The van der Waals surface area contributed by atoms with Crippen molar-refractivity contribution >= 4 is 37.4 Å². The van der Waals surface area contributed by atoms with E-state index < -0.39 is 21.4 Å². The van der Waals surface area contributed by atoms with Crippen LogP contribution >= 0.6 is 27.5 Å². The first-order valence-corrected chi connectivity index (χ1v) is 8.54. The third-order valence-corrected chi connectivity index (χ3v) is 6.34. The number of aliphatic hydroxyl groups is 1. The molecular weight excluding hydrogens is 354 g/mol. The maximum atomic E-state index is 11.6. The van der Waals surface area contributed by atoms with E-state index in [1.807, 2.05) is 6.07 Å². The van der Waals surface area contributed by atoms with Gasteiger partial charge < -0.3 is 5.11 Å². The van der Waals surface area contributed by atoms with Gasteiger partial charge in [-0.1, -0.05) is 17.7 Å². The molecule has 1 aromatic carbocycles. The van der Waals surface area contributed by atoms with E-state index in [0.717, 1.165) is 0 Å². The number of sulfone groups is 1. The fourth-order valence-electron chi connectivity index (χ4n) is 2.24. The van der Waals surface area contributed by atoms with Crippen LogP contribution in [-0.2, 0) is 9.84 Å². The highest BCUT2D eigenvalue weighted by molar-refractivity contribution is 9.10. The molecule has 7 heteroatoms. The smallest absolute Gasteiger partial charge is 0.152 e. The van der Waals surface area contributed by atoms with Gasteiger partial charge in [-0.2, -0.15) is 5.26 Å². The molecule has 0 aromatic heterocycles. The minimum absolute atomic E-state index is 0.0631. The van der Waals surface area contributed by atoms with Gasteiger partial charge in [-0.05, 0) is 40.0 Å². The summed E-state index contributed by atoms with van der Waals surface area (Å²) in [5, 5.41) is 20.1. The molecular formula is C12H11BrClNO3S. The molecule has 2 unspecified atom stereocenters. The summed E-state index contributed by atoms with van der Waals surface area (Å²) in [4.78, 5) is 0. The predicted octanol–water partition coefficient (Wildman–Crippen LogP) is 2.46. The highest BCUT2D eigenvalue weighted by Crippen LogP contribution is 2.43. The highest BCUT2D eigenvalue weighted by atomic mass is 79.9. The van der Waals surface area contributed by atoms with Crippen molar-refractivity contribution in [2.45, 2.75) is 12.5 Å². The lowest BCUT2D eigenvalue weighted by molar-refractivity contribution is 0.0793. The van der Waals surface area contributed by atoms with Gasteiger partial charge in [0.2, 0.25) is 0 Å². The molecule has 2 atom stereocenters. The molecule has 1 fully saturated rings. The van der Waals surface area contributed by atoms with Gasteiger partial charge in [0.25, 0.3) is 0 Å². The minimum Gasteiger partial charge on any atom is -0.387 e. The molecule has 1 aliphatic rings. The molecule has 19 heavy (non-hydrogen) atoms. The first-order valence-electron chi connectivity index (χ1n) is 5.54. The summed E-state index contributed by atoms with van der Waals surface area (Å²) in [6.45, 7) is 0. The zero-order valence-corrected chi connectivity index (χ0v) is 13.0. The lowest BCUT2D eigenvalue weighted by Crippen LogP contribution is -2.28. The molecule has 0 bridgehead atoms. The van der Waals surface area contributed by atoms with Crippen molar-refractivity contribution in [3.63, 3.8) is 0 Å². The summed E-state index contributed by atoms with van der Waals surface area (Å²) in [6.07, 6.45) is -1.00. The maximum absolute atomic E-state index is 11.6. The van der Waals surface area contributed by atoms with Crippen molar-refractivity contribution in [3.8, 4) is 6.07 Å². The van der Waals surface area contributed by atoms with E-state index in [-0.39, 0.29) is 17.9 Å². The van der Waals surface area contributed by atoms with Crippen LogP contribution in [0.5, 0.6) is 0 Å². The zero-order chi connectivity index (χ0) is 14.3. The molecule has 0 radical (unpaired) electrons. The number of aliphatic hydroxyl groups excluding tert-OH is 1. The normalized spacial score (nSPS) is 26.8. The number of hydrogen-bond acceptors (Lipinski definition) is 4. The third-order valence-electron chi connectivity index (χ3n) is 3.34. The number of nitriles is 1. The van der Waals surface area contributed by atoms with Crippen molar-refractivity contribution in [1.29, 1.82) is 5.26 Å². The molecule has 1 aromatic rings. The van der Waals surface area contributed by atoms with Gasteiger partial charge >= 0.3 is 0 Å². The molecule has 1 aliphatic heterocycles. The molecule has 1 heterocycles. The quantitative estimate of drug-likeness (QED) is 0.874. The Balaban J connectivity index is 2.40. The zero-order valence-electron chi connectivity index (χ0n) is 9.81. The van der Waals surface area contributed by atoms with E-state index in [1.54, 1.807) is 18.2 Å². The average molecular weight is 365 g/mol. The standard InChI is InChI=1S/C12H11BrClNO3S/c13-9-5-8(1-2-10(9)14)11(16)12(6-15)3-4-19(17,18)7-12/h1-2,5,11,16H,3-4,7H2. The summed E-state index contributed by atoms with van der Waals surface area (Å²) in [5.41, 5.74) is -0.790. The SMILES string of the molecule is N#CC1(C(O)c2ccc(Cl)c(Br)c2)CCS(=O)(=O)C1. The van der Waals surface area contributed by atoms with E-state index in [2.05, 4.69) is 15.9 Å². The molecule has 4 nitrogen and oxygen atoms in total. The van der Waals surface area contributed by atoms with Crippen molar-refractivity contribution < 1.29 is 13.5 Å². The Bertz CT molecular complexity index is 655. The van der Waals surface area contributed by atoms with Crippen molar-refractivity contribution in [2.24, 2.45) is 5.41 Å². The molecule has 0 spiro atoms. The van der Waals surface area contributed by atoms with Gasteiger partial charge in [0.05, 0.1) is 28.7 Å². The van der Waals surface area contributed by atoms with Crippen molar-refractivity contribution in [2.75, 3.05) is 11.5 Å². The molecule has 102 valence electrons. The van der Waals surface area contributed by atoms with Crippen LogP contribution in [0, 0.1) is 16.7 Å². The second kappa shape index (κ2) is 5.06. The first kappa shape index (κ1) is 14.8. The first-order chi connectivity index (χ1) is 8.80. The van der Waals surface area contributed by atoms with E-state index in [1.165, 1.54) is 0 Å². The lowest BCUT2D eigenvalue weighted by atomic mass is 9.80. The molecule has 1 saturated heterocycles. The predicted molar refractivity (Wildman–Crippen MR) is 75.4 cm³/mol. The van der Waals surface area contributed by atoms with E-state index in [0.29, 0.717) is 15.1 Å². The van der Waals surface area contributed by atoms with Gasteiger partial charge in [0, 0.05) is 4.47 Å². The van der Waals surface area contributed by atoms with Crippen LogP contribution in [0.25, 0.3) is 0 Å². The second-order valence-corrected chi connectivity index (χ2v) is 8.13. The molecule has 2 rings (SSSR count). The largest absolute Gasteiger partial charge is 0.387 e. The van der Waals surface area contributed by atoms with Gasteiger partial charge in [0.15, 0.2) is 9.84 Å². The number of rotatable bonds is 2. The molecule has 0 aliphatic carbocycles. The summed E-state index contributed by atoms with van der Waals surface area (Å²) < 4.78 is 23.7. The minimum atomic E-state index is -3.26. The van der Waals surface area contributed by atoms with Crippen LogP contribution in [-0.4, -0.2) is 25.0 Å². The van der Waals surface area contributed by atoms with E-state index in [4.69, 9.17) is 11.6 Å². The Morgan fingerprint density at radius 3 is 2.68 bits per heavy atom. The van der Waals surface area contributed by atoms with Crippen LogP contribution in [0.1, 0.15) is 18.1 Å². The molecule has 0 amide bonds. The number of benzene rings is 1. The fraction of sp³-hybridized carbons (Fsp3) is 0.417. The van der Waals surface area contributed by atoms with E-state index in [9.17, 15) is 18.8 Å². The van der Waals surface area contributed by atoms with Crippen molar-refractivity contribution in [1.82, 2.24) is 0 Å². The molecule has 0 saturated carbocycles. The summed E-state index contributed by atoms with van der Waals surface area (Å²) in [6, 6.07) is 6.79. The topological polar surface area (TPSA) is 78.2 Å². The summed E-state index contributed by atoms with van der Waals surface area (Å²) in [5.74, 6) is -0.371. The Morgan fingerprint density at radius 2 is 2.21 bits per heavy atom. The van der Waals surface area contributed by atoms with Crippen LogP contribution in [0.15, 0.2) is 22.7 Å². The van der Waals surface area contributed by atoms with Gasteiger partial charge in [-0.15, -0.1) is 0 Å². The van der Waals surface area contributed by atoms with Crippen LogP contribution in [0.3, 0.4) is 0 Å². The van der Waals surface area contributed by atoms with Gasteiger partial charge in [-0.25, -0.2) is 8.42 Å². The third kappa shape index (κ3) is 2.79. The second-order valence-electron chi connectivity index (χ2n) is 4.69. The lowest BCUT2D eigenvalue weighted by Gasteiger charge is -2.26. The maximum Gasteiger partial charge on any atom is 0.152 e. The summed E-state index contributed by atoms with van der Waals surface area (Å²) >= 11 is 9.11. The number of nitrogens with zero attached hydrogens (tertiary/aromatic N) is 1. The average Bonchev–Trinajstić information content (AvgIpc) is 2.69. The van der Waals surface area contributed by atoms with Crippen LogP contribution in [0.4, 0.5) is 0 Å². The number of hydrogen-bond donors (Lipinski definition) is 1. The van der Waals surface area contributed by atoms with Gasteiger partial charge in [0.1, 0.15) is 5.41 Å².